The zero-order chi connectivity index (χ0) is 25.1. The maximum atomic E-state index is 13.3. The molecule has 1 saturated heterocycles. The zero-order valence-electron chi connectivity index (χ0n) is 20.9. The van der Waals surface area contributed by atoms with Gasteiger partial charge in [-0.3, -0.25) is 14.2 Å². The van der Waals surface area contributed by atoms with Gasteiger partial charge in [-0.15, -0.1) is 0 Å². The number of ether oxygens (including phenoxy) is 1. The Morgan fingerprint density at radius 3 is 2.65 bits per heavy atom. The van der Waals surface area contributed by atoms with Gasteiger partial charge in [-0.05, 0) is 64.3 Å². The van der Waals surface area contributed by atoms with E-state index in [1.54, 1.807) is 25.3 Å². The van der Waals surface area contributed by atoms with Gasteiger partial charge in [0.2, 0.25) is 5.91 Å². The highest BCUT2D eigenvalue weighted by atomic mass is 35.5. The minimum atomic E-state index is -0.378. The molecule has 1 fully saturated rings. The molecule has 0 saturated carbocycles. The van der Waals surface area contributed by atoms with Crippen molar-refractivity contribution in [3.05, 3.63) is 39.8 Å². The fraction of sp³-hybridized carbons (Fsp3) is 0.560. The lowest BCUT2D eigenvalue weighted by atomic mass is 9.95. The average molecular weight is 492 g/mol. The van der Waals surface area contributed by atoms with Gasteiger partial charge >= 0.3 is 0 Å². The highest BCUT2D eigenvalue weighted by molar-refractivity contribution is 6.32. The number of halogens is 1. The third-order valence-corrected chi connectivity index (χ3v) is 5.78. The molecule has 2 heterocycles. The summed E-state index contributed by atoms with van der Waals surface area (Å²) in [6.45, 7) is 10.3. The molecule has 3 rings (SSSR count). The molecule has 9 heteroatoms. The number of hydrogen-bond donors (Lipinski definition) is 3. The van der Waals surface area contributed by atoms with Gasteiger partial charge in [-0.1, -0.05) is 37.6 Å². The van der Waals surface area contributed by atoms with Crippen LogP contribution in [-0.4, -0.2) is 48.2 Å². The molecule has 1 amide bonds. The lowest BCUT2D eigenvalue weighted by Crippen LogP contribution is -2.37. The number of benzene rings is 1. The van der Waals surface area contributed by atoms with Crippen LogP contribution in [0.15, 0.2) is 29.1 Å². The molecule has 0 unspecified atom stereocenters. The van der Waals surface area contributed by atoms with Crippen molar-refractivity contribution in [2.24, 2.45) is 5.92 Å². The van der Waals surface area contributed by atoms with Crippen LogP contribution in [0.1, 0.15) is 47.0 Å². The van der Waals surface area contributed by atoms with Gasteiger partial charge in [0.15, 0.2) is 11.0 Å². The first-order chi connectivity index (χ1) is 16.4. The van der Waals surface area contributed by atoms with E-state index in [0.29, 0.717) is 29.5 Å². The minimum Gasteiger partial charge on any atom is -0.497 e. The second-order valence-electron chi connectivity index (χ2n) is 8.35. The van der Waals surface area contributed by atoms with Crippen molar-refractivity contribution >= 4 is 23.3 Å². The van der Waals surface area contributed by atoms with Crippen molar-refractivity contribution in [3.63, 3.8) is 0 Å². The summed E-state index contributed by atoms with van der Waals surface area (Å²) >= 11 is 6.56. The molecule has 0 spiro atoms. The van der Waals surface area contributed by atoms with Crippen molar-refractivity contribution in [3.8, 4) is 17.0 Å². The van der Waals surface area contributed by atoms with Crippen LogP contribution in [0, 0.1) is 5.92 Å². The second kappa shape index (κ2) is 14.0. The van der Waals surface area contributed by atoms with Gasteiger partial charge in [0.1, 0.15) is 12.3 Å². The number of carbonyl (C=O) groups excluding carboxylic acids is 1. The van der Waals surface area contributed by atoms with Crippen LogP contribution in [0.25, 0.3) is 11.3 Å². The van der Waals surface area contributed by atoms with Gasteiger partial charge in [0.25, 0.3) is 5.56 Å². The van der Waals surface area contributed by atoms with Crippen LogP contribution in [0.5, 0.6) is 5.75 Å². The third kappa shape index (κ3) is 7.74. The molecule has 8 nitrogen and oxygen atoms in total. The maximum Gasteiger partial charge on any atom is 0.294 e. The normalized spacial score (nSPS) is 13.7. The number of methoxy groups -OCH3 is 1. The molecule has 2 aromatic rings. The van der Waals surface area contributed by atoms with Crippen molar-refractivity contribution < 1.29 is 9.53 Å². The molecule has 1 aromatic carbocycles. The summed E-state index contributed by atoms with van der Waals surface area (Å²) in [6, 6.07) is 7.14. The SMILES string of the molecule is CC.COc1cccc(-c2c(Cl)nc(NCCC3CCNCC3)c(=O)n2CC(=O)NC(C)C)c1. The molecular weight excluding hydrogens is 454 g/mol. The summed E-state index contributed by atoms with van der Waals surface area (Å²) in [7, 11) is 1.57. The molecule has 3 N–H and O–H groups in total. The van der Waals surface area contributed by atoms with Crippen molar-refractivity contribution in [1.29, 1.82) is 0 Å². The van der Waals surface area contributed by atoms with E-state index in [2.05, 4.69) is 20.9 Å². The molecule has 188 valence electrons. The summed E-state index contributed by atoms with van der Waals surface area (Å²) in [5.74, 6) is 1.13. The monoisotopic (exact) mass is 491 g/mol. The topological polar surface area (TPSA) is 97.3 Å². The number of aromatic nitrogens is 2. The number of carbonyl (C=O) groups is 1. The van der Waals surface area contributed by atoms with E-state index in [4.69, 9.17) is 16.3 Å². The van der Waals surface area contributed by atoms with E-state index in [-0.39, 0.29) is 35.0 Å². The van der Waals surface area contributed by atoms with Crippen LogP contribution in [0.4, 0.5) is 5.82 Å². The van der Waals surface area contributed by atoms with E-state index in [1.165, 1.54) is 4.57 Å². The minimum absolute atomic E-state index is 0.0432. The molecule has 1 aromatic heterocycles. The van der Waals surface area contributed by atoms with Gasteiger partial charge in [-0.25, -0.2) is 4.98 Å². The lowest BCUT2D eigenvalue weighted by Gasteiger charge is -2.22. The Morgan fingerprint density at radius 1 is 1.29 bits per heavy atom. The van der Waals surface area contributed by atoms with E-state index >= 15 is 0 Å². The number of rotatable bonds is 9. The molecule has 0 aliphatic carbocycles. The van der Waals surface area contributed by atoms with Gasteiger partial charge in [-0.2, -0.15) is 0 Å². The highest BCUT2D eigenvalue weighted by Gasteiger charge is 2.20. The number of nitrogens with zero attached hydrogens (tertiary/aromatic N) is 2. The molecule has 0 radical (unpaired) electrons. The van der Waals surface area contributed by atoms with E-state index in [9.17, 15) is 9.59 Å². The van der Waals surface area contributed by atoms with Crippen LogP contribution in [0.2, 0.25) is 5.15 Å². The summed E-state index contributed by atoms with van der Waals surface area (Å²) in [6.07, 6.45) is 3.21. The largest absolute Gasteiger partial charge is 0.497 e. The molecular formula is C25H38ClN5O3. The number of amides is 1. The Morgan fingerprint density at radius 2 is 2.00 bits per heavy atom. The van der Waals surface area contributed by atoms with Gasteiger partial charge in [0, 0.05) is 18.2 Å². The van der Waals surface area contributed by atoms with Crippen LogP contribution < -0.4 is 26.2 Å². The van der Waals surface area contributed by atoms with Gasteiger partial charge in [0.05, 0.1) is 12.8 Å². The van der Waals surface area contributed by atoms with Crippen LogP contribution in [0.3, 0.4) is 0 Å². The Hall–Kier alpha value is -2.58. The summed E-state index contributed by atoms with van der Waals surface area (Å²) in [5.41, 5.74) is 0.660. The fourth-order valence-corrected chi connectivity index (χ4v) is 4.22. The van der Waals surface area contributed by atoms with Gasteiger partial charge < -0.3 is 20.7 Å². The fourth-order valence-electron chi connectivity index (χ4n) is 3.93. The average Bonchev–Trinajstić information content (AvgIpc) is 2.83. The van der Waals surface area contributed by atoms with Crippen LogP contribution >= 0.6 is 11.6 Å². The predicted octanol–water partition coefficient (Wildman–Crippen LogP) is 3.92. The quantitative estimate of drug-likeness (QED) is 0.492. The third-order valence-electron chi connectivity index (χ3n) is 5.52. The second-order valence-corrected chi connectivity index (χ2v) is 8.71. The Bertz CT molecular complexity index is 987. The van der Waals surface area contributed by atoms with Crippen molar-refractivity contribution in [2.75, 3.05) is 32.1 Å². The first-order valence-corrected chi connectivity index (χ1v) is 12.5. The Labute approximate surface area is 207 Å². The number of hydrogen-bond acceptors (Lipinski definition) is 6. The first-order valence-electron chi connectivity index (χ1n) is 12.1. The predicted molar refractivity (Wildman–Crippen MR) is 139 cm³/mol. The number of piperidine rings is 1. The molecule has 0 bridgehead atoms. The Balaban J connectivity index is 0.00000199. The maximum absolute atomic E-state index is 13.3. The summed E-state index contributed by atoms with van der Waals surface area (Å²) in [5, 5.41) is 9.49. The number of anilines is 1. The van der Waals surface area contributed by atoms with Crippen LogP contribution in [-0.2, 0) is 11.3 Å². The standard InChI is InChI=1S/C23H32ClN5O3.C2H6/c1-15(2)27-19(30)14-29-20(17-5-4-6-18(13-17)32-3)21(24)28-22(23(29)31)26-12-9-16-7-10-25-11-8-16;1-2/h4-6,13,15-16,25H,7-12,14H2,1-3H3,(H,26,28)(H,27,30);1-2H3. The van der Waals surface area contributed by atoms with E-state index in [1.807, 2.05) is 33.8 Å². The zero-order valence-corrected chi connectivity index (χ0v) is 21.7. The summed E-state index contributed by atoms with van der Waals surface area (Å²) < 4.78 is 6.69. The molecule has 1 aliphatic rings. The smallest absolute Gasteiger partial charge is 0.294 e. The molecule has 34 heavy (non-hydrogen) atoms. The van der Waals surface area contributed by atoms with E-state index < -0.39 is 0 Å². The summed E-state index contributed by atoms with van der Waals surface area (Å²) in [4.78, 5) is 30.2. The van der Waals surface area contributed by atoms with Crippen molar-refractivity contribution in [2.45, 2.75) is 59.5 Å². The van der Waals surface area contributed by atoms with E-state index in [0.717, 1.165) is 32.4 Å². The highest BCUT2D eigenvalue weighted by Crippen LogP contribution is 2.29. The Kier molecular flexibility index (Phi) is 11.4. The molecule has 1 aliphatic heterocycles. The van der Waals surface area contributed by atoms with Crippen molar-refractivity contribution in [1.82, 2.24) is 20.2 Å². The lowest BCUT2D eigenvalue weighted by molar-refractivity contribution is -0.122. The first kappa shape index (κ1) is 27.7. The number of nitrogens with one attached hydrogen (secondary N) is 3. The molecule has 0 atom stereocenters.